The molecule has 36 heavy (non-hydrogen) atoms. The van der Waals surface area contributed by atoms with Gasteiger partial charge in [-0.05, 0) is 41.5 Å². The molecule has 0 spiro atoms. The molecule has 2 aromatic heterocycles. The molecule has 0 amide bonds. The molecule has 0 radical (unpaired) electrons. The highest BCUT2D eigenvalue weighted by Crippen LogP contribution is 2.38. The van der Waals surface area contributed by atoms with Crippen LogP contribution in [0.3, 0.4) is 0 Å². The molecule has 5 rings (SSSR count). The first-order valence-electron chi connectivity index (χ1n) is 10.8. The standard InChI is InChI=1S/C25H18F5N3O3/c26-16-2-1-14(8-17(16)27)15-9-32-24-22(15)20(3-4-31-24)36-23-18(28)5-13(6-19(23)29)7-21-33-10-25(30,11-34)12-35-21/h1-6,8-9,34H,7,10-12H2,(H,31,32). The van der Waals surface area contributed by atoms with E-state index in [-0.39, 0.29) is 30.2 Å². The van der Waals surface area contributed by atoms with Gasteiger partial charge >= 0.3 is 0 Å². The first kappa shape index (κ1) is 23.7. The number of pyridine rings is 1. The zero-order valence-electron chi connectivity index (χ0n) is 18.5. The predicted molar refractivity (Wildman–Crippen MR) is 121 cm³/mol. The zero-order chi connectivity index (χ0) is 25.4. The lowest BCUT2D eigenvalue weighted by molar-refractivity contribution is 0.0171. The van der Waals surface area contributed by atoms with Crippen molar-refractivity contribution in [1.29, 1.82) is 0 Å². The van der Waals surface area contributed by atoms with Gasteiger partial charge in [-0.1, -0.05) is 6.07 Å². The number of rotatable bonds is 6. The summed E-state index contributed by atoms with van der Waals surface area (Å²) in [7, 11) is 0. The van der Waals surface area contributed by atoms with Crippen LogP contribution >= 0.6 is 0 Å². The van der Waals surface area contributed by atoms with Crippen molar-refractivity contribution in [3.63, 3.8) is 0 Å². The lowest BCUT2D eigenvalue weighted by Crippen LogP contribution is -2.42. The van der Waals surface area contributed by atoms with E-state index in [0.717, 1.165) is 24.3 Å². The quantitative estimate of drug-likeness (QED) is 0.353. The van der Waals surface area contributed by atoms with Gasteiger partial charge in [0.1, 0.15) is 18.0 Å². The number of aliphatic hydroxyl groups excluding tert-OH is 1. The maximum absolute atomic E-state index is 14.9. The van der Waals surface area contributed by atoms with Gasteiger partial charge in [0.25, 0.3) is 0 Å². The zero-order valence-corrected chi connectivity index (χ0v) is 18.5. The molecule has 3 heterocycles. The first-order valence-corrected chi connectivity index (χ1v) is 10.8. The van der Waals surface area contributed by atoms with Crippen molar-refractivity contribution in [2.75, 3.05) is 19.8 Å². The molecular weight excluding hydrogens is 485 g/mol. The Morgan fingerprint density at radius 2 is 1.81 bits per heavy atom. The predicted octanol–water partition coefficient (Wildman–Crippen LogP) is 5.25. The largest absolute Gasteiger partial charge is 0.477 e. The van der Waals surface area contributed by atoms with Crippen LogP contribution in [0.4, 0.5) is 22.0 Å². The van der Waals surface area contributed by atoms with E-state index in [4.69, 9.17) is 14.6 Å². The fraction of sp³-hybridized carbons (Fsp3) is 0.200. The molecule has 2 aromatic carbocycles. The Hall–Kier alpha value is -3.99. The van der Waals surface area contributed by atoms with Crippen molar-refractivity contribution in [2.24, 2.45) is 4.99 Å². The molecule has 186 valence electrons. The maximum atomic E-state index is 14.9. The number of halogens is 5. The molecule has 0 fully saturated rings. The van der Waals surface area contributed by atoms with Gasteiger partial charge in [-0.2, -0.15) is 0 Å². The fourth-order valence-electron chi connectivity index (χ4n) is 3.84. The summed E-state index contributed by atoms with van der Waals surface area (Å²) in [4.78, 5) is 10.9. The van der Waals surface area contributed by atoms with Gasteiger partial charge in [-0.15, -0.1) is 0 Å². The average Bonchev–Trinajstić information content (AvgIpc) is 3.30. The minimum Gasteiger partial charge on any atom is -0.477 e. The average molecular weight is 503 g/mol. The topological polar surface area (TPSA) is 79.7 Å². The van der Waals surface area contributed by atoms with Gasteiger partial charge in [-0.25, -0.2) is 26.9 Å². The number of alkyl halides is 1. The van der Waals surface area contributed by atoms with Crippen LogP contribution in [0, 0.1) is 23.3 Å². The number of nitrogens with one attached hydrogen (secondary N) is 1. The van der Waals surface area contributed by atoms with E-state index in [1.807, 2.05) is 0 Å². The van der Waals surface area contributed by atoms with Crippen LogP contribution in [-0.4, -0.2) is 46.4 Å². The van der Waals surface area contributed by atoms with E-state index in [9.17, 15) is 22.0 Å². The molecule has 2 N–H and O–H groups in total. The number of aromatic amines is 1. The Morgan fingerprint density at radius 3 is 2.47 bits per heavy atom. The summed E-state index contributed by atoms with van der Waals surface area (Å²) in [6.07, 6.45) is 2.78. The molecule has 6 nitrogen and oxygen atoms in total. The Labute approximate surface area is 201 Å². The Kier molecular flexibility index (Phi) is 6.09. The van der Waals surface area contributed by atoms with E-state index in [0.29, 0.717) is 22.2 Å². The molecule has 1 aliphatic rings. The smallest absolute Gasteiger partial charge is 0.198 e. The molecule has 0 bridgehead atoms. The molecular formula is C25H18F5N3O3. The minimum absolute atomic E-state index is 0.0369. The highest BCUT2D eigenvalue weighted by atomic mass is 19.2. The van der Waals surface area contributed by atoms with Crippen LogP contribution < -0.4 is 4.74 Å². The number of hydrogen-bond acceptors (Lipinski definition) is 5. The summed E-state index contributed by atoms with van der Waals surface area (Å²) >= 11 is 0. The minimum atomic E-state index is -1.98. The van der Waals surface area contributed by atoms with Crippen molar-refractivity contribution >= 4 is 16.9 Å². The summed E-state index contributed by atoms with van der Waals surface area (Å²) < 4.78 is 81.8. The van der Waals surface area contributed by atoms with Crippen LogP contribution in [0.5, 0.6) is 11.5 Å². The lowest BCUT2D eigenvalue weighted by atomic mass is 10.1. The summed E-state index contributed by atoms with van der Waals surface area (Å²) in [6, 6.07) is 6.79. The molecule has 4 aromatic rings. The van der Waals surface area contributed by atoms with Crippen LogP contribution in [0.15, 0.2) is 53.8 Å². The molecule has 1 atom stereocenters. The second-order valence-corrected chi connectivity index (χ2v) is 8.34. The lowest BCUT2D eigenvalue weighted by Gasteiger charge is -2.26. The first-order chi connectivity index (χ1) is 17.3. The monoisotopic (exact) mass is 503 g/mol. The van der Waals surface area contributed by atoms with Crippen molar-refractivity contribution < 1.29 is 36.5 Å². The number of aliphatic imine (C=N–C) groups is 1. The summed E-state index contributed by atoms with van der Waals surface area (Å²) in [5, 5.41) is 9.35. The van der Waals surface area contributed by atoms with Crippen LogP contribution in [0.2, 0.25) is 0 Å². The Morgan fingerprint density at radius 1 is 1.03 bits per heavy atom. The molecule has 1 aliphatic heterocycles. The second kappa shape index (κ2) is 9.23. The number of ether oxygens (including phenoxy) is 2. The van der Waals surface area contributed by atoms with Crippen molar-refractivity contribution in [3.8, 4) is 22.6 Å². The van der Waals surface area contributed by atoms with Gasteiger partial charge in [0.2, 0.25) is 0 Å². The van der Waals surface area contributed by atoms with E-state index in [2.05, 4.69) is 15.0 Å². The second-order valence-electron chi connectivity index (χ2n) is 8.34. The molecule has 11 heteroatoms. The van der Waals surface area contributed by atoms with Gasteiger partial charge in [-0.3, -0.25) is 4.99 Å². The van der Waals surface area contributed by atoms with Gasteiger partial charge in [0.05, 0.1) is 18.5 Å². The number of aliphatic hydroxyl groups is 1. The third-order valence-electron chi connectivity index (χ3n) is 5.71. The van der Waals surface area contributed by atoms with Crippen LogP contribution in [0.25, 0.3) is 22.2 Å². The third-order valence-corrected chi connectivity index (χ3v) is 5.71. The number of hydrogen-bond donors (Lipinski definition) is 2. The summed E-state index contributed by atoms with van der Waals surface area (Å²) in [6.45, 7) is -1.48. The van der Waals surface area contributed by atoms with Gasteiger partial charge in [0, 0.05) is 24.4 Å². The SMILES string of the molecule is OCC1(F)CN=C(Cc2cc(F)c(Oc3ccnc4[nH]cc(-c5ccc(F)c(F)c5)c34)c(F)c2)OC1. The number of fused-ring (bicyclic) bond motifs is 1. The number of nitrogens with zero attached hydrogens (tertiary/aromatic N) is 2. The highest BCUT2D eigenvalue weighted by Gasteiger charge is 2.34. The number of aromatic nitrogens is 2. The van der Waals surface area contributed by atoms with Gasteiger partial charge in [0.15, 0.2) is 40.6 Å². The maximum Gasteiger partial charge on any atom is 0.198 e. The molecule has 1 unspecified atom stereocenters. The number of benzene rings is 2. The van der Waals surface area contributed by atoms with Gasteiger partial charge < -0.3 is 19.6 Å². The fourth-order valence-corrected chi connectivity index (χ4v) is 3.84. The Bertz CT molecular complexity index is 1470. The van der Waals surface area contributed by atoms with E-state index in [1.165, 1.54) is 24.5 Å². The summed E-state index contributed by atoms with van der Waals surface area (Å²) in [5.41, 5.74) is -0.797. The normalized spacial score (nSPS) is 17.7. The van der Waals surface area contributed by atoms with Crippen molar-refractivity contribution in [1.82, 2.24) is 9.97 Å². The van der Waals surface area contributed by atoms with Crippen LogP contribution in [0.1, 0.15) is 5.56 Å². The van der Waals surface area contributed by atoms with Crippen molar-refractivity contribution in [2.45, 2.75) is 12.1 Å². The molecule has 0 saturated carbocycles. The molecule has 0 aliphatic carbocycles. The highest BCUT2D eigenvalue weighted by molar-refractivity contribution is 5.98. The Balaban J connectivity index is 1.45. The van der Waals surface area contributed by atoms with E-state index in [1.54, 1.807) is 0 Å². The van der Waals surface area contributed by atoms with Crippen LogP contribution in [-0.2, 0) is 11.2 Å². The van der Waals surface area contributed by atoms with Crippen molar-refractivity contribution in [3.05, 3.63) is 77.6 Å². The summed E-state index contributed by atoms with van der Waals surface area (Å²) in [5.74, 6) is -4.64. The van der Waals surface area contributed by atoms with E-state index < -0.39 is 47.9 Å². The third kappa shape index (κ3) is 4.49. The number of H-pyrrole nitrogens is 1. The molecule has 0 saturated heterocycles. The van der Waals surface area contributed by atoms with E-state index >= 15 is 0 Å².